The van der Waals surface area contributed by atoms with Crippen LogP contribution in [0.3, 0.4) is 0 Å². The predicted molar refractivity (Wildman–Crippen MR) is 107 cm³/mol. The van der Waals surface area contributed by atoms with Gasteiger partial charge in [-0.15, -0.1) is 0 Å². The minimum absolute atomic E-state index is 0.0662. The molecule has 0 spiro atoms. The quantitative estimate of drug-likeness (QED) is 0.302. The van der Waals surface area contributed by atoms with Crippen LogP contribution >= 0.6 is 34.2 Å². The van der Waals surface area contributed by atoms with Crippen LogP contribution in [0.1, 0.15) is 0 Å². The summed E-state index contributed by atoms with van der Waals surface area (Å²) in [5, 5.41) is 11.8. The average molecular weight is 511 g/mol. The molecule has 1 aromatic carbocycles. The van der Waals surface area contributed by atoms with Crippen LogP contribution in [0.25, 0.3) is 0 Å². The maximum absolute atomic E-state index is 12.4. The van der Waals surface area contributed by atoms with Gasteiger partial charge < -0.3 is 15.2 Å². The Labute approximate surface area is 171 Å². The van der Waals surface area contributed by atoms with E-state index in [1.807, 2.05) is 5.48 Å². The standard InChI is InChI=1S/C15H16ClIN4O6/c1-20-12(18-10-4-3-8(17)7-9(10)16)11(13(23)21(2)15(20)25)27-14(24)19-26-6-5-22/h3-4,7,18,22H,5-6H2,1-2H3,(H,19,24). The van der Waals surface area contributed by atoms with Crippen LogP contribution in [0, 0.1) is 3.57 Å². The molecular weight excluding hydrogens is 495 g/mol. The van der Waals surface area contributed by atoms with Crippen molar-refractivity contribution in [1.82, 2.24) is 14.6 Å². The molecule has 0 bridgehead atoms. The summed E-state index contributed by atoms with van der Waals surface area (Å²) in [5.41, 5.74) is 0.851. The van der Waals surface area contributed by atoms with E-state index in [0.717, 1.165) is 12.7 Å². The number of halogens is 2. The fourth-order valence-electron chi connectivity index (χ4n) is 2.03. The van der Waals surface area contributed by atoms with Gasteiger partial charge in [-0.25, -0.2) is 9.59 Å². The van der Waals surface area contributed by atoms with Crippen molar-refractivity contribution in [1.29, 1.82) is 0 Å². The zero-order chi connectivity index (χ0) is 20.1. The van der Waals surface area contributed by atoms with E-state index in [1.165, 1.54) is 14.1 Å². The first-order chi connectivity index (χ1) is 12.8. The van der Waals surface area contributed by atoms with Crippen molar-refractivity contribution in [3.63, 3.8) is 0 Å². The average Bonchev–Trinajstić information content (AvgIpc) is 2.63. The molecule has 1 aromatic heterocycles. The fraction of sp³-hybridized carbons (Fsp3) is 0.267. The summed E-state index contributed by atoms with van der Waals surface area (Å²) in [5.74, 6) is -0.497. The number of hydrogen-bond donors (Lipinski definition) is 3. The number of hydrogen-bond acceptors (Lipinski definition) is 7. The van der Waals surface area contributed by atoms with E-state index in [0.29, 0.717) is 10.7 Å². The van der Waals surface area contributed by atoms with Gasteiger partial charge in [-0.2, -0.15) is 5.48 Å². The number of amides is 1. The van der Waals surface area contributed by atoms with Crippen LogP contribution < -0.4 is 26.8 Å². The molecule has 0 aliphatic heterocycles. The number of aliphatic hydroxyl groups is 1. The molecule has 146 valence electrons. The van der Waals surface area contributed by atoms with Crippen LogP contribution in [0.5, 0.6) is 5.75 Å². The first-order valence-corrected chi connectivity index (χ1v) is 8.94. The second kappa shape index (κ2) is 9.21. The van der Waals surface area contributed by atoms with Gasteiger partial charge in [-0.1, -0.05) is 11.6 Å². The number of ether oxygens (including phenoxy) is 1. The van der Waals surface area contributed by atoms with Gasteiger partial charge >= 0.3 is 17.3 Å². The van der Waals surface area contributed by atoms with Crippen LogP contribution in [0.4, 0.5) is 16.3 Å². The Hall–Kier alpha value is -2.09. The Morgan fingerprint density at radius 1 is 1.30 bits per heavy atom. The molecule has 0 aliphatic rings. The third kappa shape index (κ3) is 5.00. The summed E-state index contributed by atoms with van der Waals surface area (Å²) in [7, 11) is 2.65. The van der Waals surface area contributed by atoms with Crippen molar-refractivity contribution in [2.24, 2.45) is 14.1 Å². The molecule has 0 saturated heterocycles. The summed E-state index contributed by atoms with van der Waals surface area (Å²) in [4.78, 5) is 41.1. The lowest BCUT2D eigenvalue weighted by Crippen LogP contribution is -2.40. The fourth-order valence-corrected chi connectivity index (χ4v) is 2.94. The van der Waals surface area contributed by atoms with Crippen molar-refractivity contribution in [2.75, 3.05) is 18.5 Å². The number of aromatic nitrogens is 2. The van der Waals surface area contributed by atoms with E-state index in [9.17, 15) is 14.4 Å². The molecule has 0 saturated carbocycles. The van der Waals surface area contributed by atoms with Crippen molar-refractivity contribution in [3.8, 4) is 5.75 Å². The van der Waals surface area contributed by atoms with Crippen LogP contribution in [0.15, 0.2) is 27.8 Å². The van der Waals surface area contributed by atoms with Gasteiger partial charge in [0.1, 0.15) is 0 Å². The second-order valence-electron chi connectivity index (χ2n) is 5.20. The summed E-state index contributed by atoms with van der Waals surface area (Å²) in [6, 6.07) is 5.10. The van der Waals surface area contributed by atoms with Gasteiger partial charge in [0.15, 0.2) is 5.82 Å². The topological polar surface area (TPSA) is 124 Å². The molecule has 3 N–H and O–H groups in total. The summed E-state index contributed by atoms with van der Waals surface area (Å²) >= 11 is 8.27. The van der Waals surface area contributed by atoms with E-state index in [4.69, 9.17) is 21.4 Å². The van der Waals surface area contributed by atoms with Crippen LogP contribution in [-0.2, 0) is 18.9 Å². The molecule has 0 fully saturated rings. The van der Waals surface area contributed by atoms with Crippen molar-refractivity contribution < 1.29 is 19.5 Å². The lowest BCUT2D eigenvalue weighted by molar-refractivity contribution is 0.0244. The van der Waals surface area contributed by atoms with E-state index in [-0.39, 0.29) is 19.0 Å². The van der Waals surface area contributed by atoms with Crippen molar-refractivity contribution >= 4 is 51.8 Å². The molecule has 0 radical (unpaired) electrons. The molecule has 0 aliphatic carbocycles. The summed E-state index contributed by atoms with van der Waals surface area (Å²) < 4.78 is 7.80. The number of aliphatic hydroxyl groups excluding tert-OH is 1. The highest BCUT2D eigenvalue weighted by Crippen LogP contribution is 2.29. The Morgan fingerprint density at radius 3 is 2.63 bits per heavy atom. The SMILES string of the molecule is Cn1c(Nc2ccc(I)cc2Cl)c(OC(=O)NOCCO)c(=O)n(C)c1=O. The van der Waals surface area contributed by atoms with Crippen molar-refractivity contribution in [3.05, 3.63) is 47.6 Å². The van der Waals surface area contributed by atoms with E-state index >= 15 is 0 Å². The highest BCUT2D eigenvalue weighted by Gasteiger charge is 2.21. The number of anilines is 2. The molecule has 27 heavy (non-hydrogen) atoms. The molecule has 0 unspecified atom stereocenters. The highest BCUT2D eigenvalue weighted by molar-refractivity contribution is 14.1. The number of nitrogens with zero attached hydrogens (tertiary/aromatic N) is 2. The third-order valence-corrected chi connectivity index (χ3v) is 4.33. The lowest BCUT2D eigenvalue weighted by Gasteiger charge is -2.17. The Balaban J connectivity index is 2.47. The Morgan fingerprint density at radius 2 is 2.00 bits per heavy atom. The Bertz CT molecular complexity index is 974. The number of hydroxylamine groups is 1. The molecule has 10 nitrogen and oxygen atoms in total. The maximum atomic E-state index is 12.4. The van der Waals surface area contributed by atoms with Gasteiger partial charge in [0.05, 0.1) is 23.9 Å². The smallest absolute Gasteiger partial charge is 0.399 e. The summed E-state index contributed by atoms with van der Waals surface area (Å²) in [6.07, 6.45) is -1.10. The maximum Gasteiger partial charge on any atom is 0.437 e. The minimum atomic E-state index is -1.10. The van der Waals surface area contributed by atoms with Crippen LogP contribution in [0.2, 0.25) is 5.02 Å². The number of carbonyl (C=O) groups excluding carboxylic acids is 1. The molecule has 0 atom stereocenters. The number of rotatable bonds is 6. The van der Waals surface area contributed by atoms with Gasteiger partial charge in [0.25, 0.3) is 0 Å². The minimum Gasteiger partial charge on any atom is -0.399 e. The van der Waals surface area contributed by atoms with Crippen molar-refractivity contribution in [2.45, 2.75) is 0 Å². The van der Waals surface area contributed by atoms with Gasteiger partial charge in [0.2, 0.25) is 5.75 Å². The molecule has 2 aromatic rings. The largest absolute Gasteiger partial charge is 0.437 e. The predicted octanol–water partition coefficient (Wildman–Crippen LogP) is 1.10. The monoisotopic (exact) mass is 510 g/mol. The lowest BCUT2D eigenvalue weighted by atomic mass is 10.3. The third-order valence-electron chi connectivity index (χ3n) is 3.35. The van der Waals surface area contributed by atoms with Gasteiger partial charge in [0, 0.05) is 17.7 Å². The molecule has 1 amide bonds. The zero-order valence-electron chi connectivity index (χ0n) is 14.3. The number of carbonyl (C=O) groups is 1. The number of nitrogens with one attached hydrogen (secondary N) is 2. The van der Waals surface area contributed by atoms with Crippen LogP contribution in [-0.4, -0.2) is 33.5 Å². The van der Waals surface area contributed by atoms with Gasteiger partial charge in [-0.3, -0.25) is 18.8 Å². The first-order valence-electron chi connectivity index (χ1n) is 7.48. The summed E-state index contributed by atoms with van der Waals surface area (Å²) in [6.45, 7) is -0.482. The Kier molecular flexibility index (Phi) is 7.24. The molecule has 2 rings (SSSR count). The molecule has 12 heteroatoms. The number of benzene rings is 1. The van der Waals surface area contributed by atoms with E-state index < -0.39 is 23.1 Å². The van der Waals surface area contributed by atoms with E-state index in [1.54, 1.807) is 18.2 Å². The van der Waals surface area contributed by atoms with E-state index in [2.05, 4.69) is 32.7 Å². The zero-order valence-corrected chi connectivity index (χ0v) is 17.2. The first kappa shape index (κ1) is 21.2. The molecule has 1 heterocycles. The molecular formula is C15H16ClIN4O6. The van der Waals surface area contributed by atoms with Gasteiger partial charge in [-0.05, 0) is 40.8 Å². The second-order valence-corrected chi connectivity index (χ2v) is 6.85. The normalized spacial score (nSPS) is 10.6. The highest BCUT2D eigenvalue weighted by atomic mass is 127.